The van der Waals surface area contributed by atoms with Gasteiger partial charge in [0.25, 0.3) is 0 Å². The molecular formula is C15H16N4O2. The molecule has 2 heterocycles. The molecule has 0 spiro atoms. The summed E-state index contributed by atoms with van der Waals surface area (Å²) in [7, 11) is 0. The first-order valence-corrected chi connectivity index (χ1v) is 6.83. The van der Waals surface area contributed by atoms with E-state index in [9.17, 15) is 9.90 Å². The van der Waals surface area contributed by atoms with Gasteiger partial charge in [-0.2, -0.15) is 5.10 Å². The first-order valence-electron chi connectivity index (χ1n) is 6.83. The zero-order valence-corrected chi connectivity index (χ0v) is 11.9. The van der Waals surface area contributed by atoms with Crippen LogP contribution in [0.4, 0.5) is 5.95 Å². The number of fused-ring (bicyclic) bond motifs is 1. The lowest BCUT2D eigenvalue weighted by Gasteiger charge is -2.34. The average molecular weight is 284 g/mol. The zero-order chi connectivity index (χ0) is 15.0. The molecule has 1 aromatic carbocycles. The molecule has 6 heteroatoms. The fraction of sp³-hybridized carbons (Fsp3) is 0.333. The van der Waals surface area contributed by atoms with Crippen LogP contribution >= 0.6 is 0 Å². The van der Waals surface area contributed by atoms with E-state index >= 15 is 0 Å². The molecule has 0 radical (unpaired) electrons. The second-order valence-corrected chi connectivity index (χ2v) is 5.17. The normalized spacial score (nSPS) is 17.4. The van der Waals surface area contributed by atoms with Crippen LogP contribution in [0.2, 0.25) is 0 Å². The van der Waals surface area contributed by atoms with Crippen molar-refractivity contribution in [1.82, 2.24) is 15.2 Å². The lowest BCUT2D eigenvalue weighted by Crippen LogP contribution is -2.41. The maximum absolute atomic E-state index is 11.7. The van der Waals surface area contributed by atoms with Gasteiger partial charge in [-0.3, -0.25) is 0 Å². The Morgan fingerprint density at radius 1 is 1.24 bits per heavy atom. The molecule has 0 saturated heterocycles. The quantitative estimate of drug-likeness (QED) is 0.903. The molecule has 0 bridgehead atoms. The molecule has 0 fully saturated rings. The molecule has 21 heavy (non-hydrogen) atoms. The predicted octanol–water partition coefficient (Wildman–Crippen LogP) is 1.68. The summed E-state index contributed by atoms with van der Waals surface area (Å²) in [6.07, 6.45) is 0.774. The van der Waals surface area contributed by atoms with Crippen molar-refractivity contribution in [3.63, 3.8) is 0 Å². The lowest BCUT2D eigenvalue weighted by atomic mass is 9.93. The average Bonchev–Trinajstić information content (AvgIpc) is 2.48. The molecule has 0 saturated carbocycles. The molecule has 1 unspecified atom stereocenters. The SMILES string of the molecule is Cc1nnc(N2CCc3ccccc3C2C(=O)O)nc1C. The minimum Gasteiger partial charge on any atom is -0.479 e. The molecule has 0 aliphatic carbocycles. The molecule has 108 valence electrons. The van der Waals surface area contributed by atoms with Crippen molar-refractivity contribution in [2.75, 3.05) is 11.4 Å². The Kier molecular flexibility index (Phi) is 3.29. The summed E-state index contributed by atoms with van der Waals surface area (Å²) in [6, 6.07) is 6.86. The van der Waals surface area contributed by atoms with Crippen LogP contribution in [-0.4, -0.2) is 32.8 Å². The van der Waals surface area contributed by atoms with Gasteiger partial charge in [0.15, 0.2) is 6.04 Å². The Hall–Kier alpha value is -2.50. The molecule has 1 aliphatic rings. The van der Waals surface area contributed by atoms with Gasteiger partial charge < -0.3 is 10.0 Å². The van der Waals surface area contributed by atoms with Gasteiger partial charge in [-0.15, -0.1) is 5.10 Å². The van der Waals surface area contributed by atoms with Crippen LogP contribution < -0.4 is 4.90 Å². The van der Waals surface area contributed by atoms with Crippen LogP contribution in [-0.2, 0) is 11.2 Å². The van der Waals surface area contributed by atoms with E-state index in [1.807, 2.05) is 38.1 Å². The maximum Gasteiger partial charge on any atom is 0.331 e. The molecule has 1 N–H and O–H groups in total. The fourth-order valence-electron chi connectivity index (χ4n) is 2.62. The Morgan fingerprint density at radius 2 is 2.00 bits per heavy atom. The van der Waals surface area contributed by atoms with E-state index in [1.54, 1.807) is 4.90 Å². The van der Waals surface area contributed by atoms with Crippen LogP contribution in [0, 0.1) is 13.8 Å². The summed E-state index contributed by atoms with van der Waals surface area (Å²) in [5.41, 5.74) is 3.39. The van der Waals surface area contributed by atoms with Crippen molar-refractivity contribution < 1.29 is 9.90 Å². The Balaban J connectivity index is 2.06. The number of aliphatic carboxylic acids is 1. The third-order valence-electron chi connectivity index (χ3n) is 3.85. The Bertz CT molecular complexity index is 702. The molecule has 3 rings (SSSR count). The standard InChI is InChI=1S/C15H16N4O2/c1-9-10(2)17-18-15(16-9)19-8-7-11-5-3-4-6-12(11)13(19)14(20)21/h3-6,13H,7-8H2,1-2H3,(H,20,21). The first kappa shape index (κ1) is 13.5. The summed E-state index contributed by atoms with van der Waals surface area (Å²) in [5, 5.41) is 17.7. The second-order valence-electron chi connectivity index (χ2n) is 5.17. The number of benzene rings is 1. The lowest BCUT2D eigenvalue weighted by molar-refractivity contribution is -0.139. The summed E-state index contributed by atoms with van der Waals surface area (Å²) in [5.74, 6) is -0.524. The van der Waals surface area contributed by atoms with Crippen LogP contribution in [0.5, 0.6) is 0 Å². The minimum absolute atomic E-state index is 0.375. The van der Waals surface area contributed by atoms with Crippen molar-refractivity contribution in [2.24, 2.45) is 0 Å². The number of carbonyl (C=O) groups is 1. The van der Waals surface area contributed by atoms with E-state index in [-0.39, 0.29) is 0 Å². The van der Waals surface area contributed by atoms with Crippen LogP contribution in [0.15, 0.2) is 24.3 Å². The van der Waals surface area contributed by atoms with E-state index < -0.39 is 12.0 Å². The largest absolute Gasteiger partial charge is 0.479 e. The van der Waals surface area contributed by atoms with Crippen LogP contribution in [0.3, 0.4) is 0 Å². The van der Waals surface area contributed by atoms with E-state index in [0.717, 1.165) is 28.9 Å². The van der Waals surface area contributed by atoms with Crippen molar-refractivity contribution in [3.8, 4) is 0 Å². The molecule has 6 nitrogen and oxygen atoms in total. The van der Waals surface area contributed by atoms with Gasteiger partial charge in [0.05, 0.1) is 11.4 Å². The van der Waals surface area contributed by atoms with E-state index in [1.165, 1.54) is 0 Å². The Morgan fingerprint density at radius 3 is 2.71 bits per heavy atom. The van der Waals surface area contributed by atoms with Crippen molar-refractivity contribution in [1.29, 1.82) is 0 Å². The van der Waals surface area contributed by atoms with Gasteiger partial charge in [-0.1, -0.05) is 24.3 Å². The maximum atomic E-state index is 11.7. The highest BCUT2D eigenvalue weighted by Crippen LogP contribution is 2.32. The smallest absolute Gasteiger partial charge is 0.331 e. The van der Waals surface area contributed by atoms with Gasteiger partial charge in [0, 0.05) is 6.54 Å². The highest BCUT2D eigenvalue weighted by molar-refractivity contribution is 5.80. The number of carboxylic acids is 1. The number of hydrogen-bond donors (Lipinski definition) is 1. The second kappa shape index (κ2) is 5.12. The van der Waals surface area contributed by atoms with Gasteiger partial charge in [-0.05, 0) is 31.4 Å². The summed E-state index contributed by atoms with van der Waals surface area (Å²) >= 11 is 0. The minimum atomic E-state index is -0.899. The fourth-order valence-corrected chi connectivity index (χ4v) is 2.62. The third kappa shape index (κ3) is 2.33. The van der Waals surface area contributed by atoms with Gasteiger partial charge in [-0.25, -0.2) is 9.78 Å². The van der Waals surface area contributed by atoms with Crippen molar-refractivity contribution >= 4 is 11.9 Å². The van der Waals surface area contributed by atoms with Gasteiger partial charge >= 0.3 is 5.97 Å². The number of hydrogen-bond acceptors (Lipinski definition) is 5. The number of rotatable bonds is 2. The van der Waals surface area contributed by atoms with Gasteiger partial charge in [0.2, 0.25) is 5.95 Å². The van der Waals surface area contributed by atoms with E-state index in [4.69, 9.17) is 0 Å². The molecule has 1 aromatic heterocycles. The molecule has 2 aromatic rings. The van der Waals surface area contributed by atoms with Crippen molar-refractivity contribution in [3.05, 3.63) is 46.8 Å². The summed E-state index contributed by atoms with van der Waals surface area (Å²) in [4.78, 5) is 17.8. The monoisotopic (exact) mass is 284 g/mol. The zero-order valence-electron chi connectivity index (χ0n) is 11.9. The van der Waals surface area contributed by atoms with E-state index in [0.29, 0.717) is 12.5 Å². The summed E-state index contributed by atoms with van der Waals surface area (Å²) < 4.78 is 0. The number of nitrogens with zero attached hydrogens (tertiary/aromatic N) is 4. The van der Waals surface area contributed by atoms with Crippen LogP contribution in [0.1, 0.15) is 28.6 Å². The molecule has 1 aliphatic heterocycles. The number of aryl methyl sites for hydroxylation is 2. The molecular weight excluding hydrogens is 268 g/mol. The highest BCUT2D eigenvalue weighted by atomic mass is 16.4. The topological polar surface area (TPSA) is 79.2 Å². The summed E-state index contributed by atoms with van der Waals surface area (Å²) in [6.45, 7) is 4.25. The van der Waals surface area contributed by atoms with Gasteiger partial charge in [0.1, 0.15) is 0 Å². The third-order valence-corrected chi connectivity index (χ3v) is 3.85. The number of anilines is 1. The Labute approximate surface area is 122 Å². The highest BCUT2D eigenvalue weighted by Gasteiger charge is 2.34. The molecule has 1 atom stereocenters. The first-order chi connectivity index (χ1) is 10.1. The van der Waals surface area contributed by atoms with Crippen LogP contribution in [0.25, 0.3) is 0 Å². The predicted molar refractivity (Wildman–Crippen MR) is 77.2 cm³/mol. The number of aromatic nitrogens is 3. The van der Waals surface area contributed by atoms with Crippen molar-refractivity contribution in [2.45, 2.75) is 26.3 Å². The molecule has 0 amide bonds. The van der Waals surface area contributed by atoms with E-state index in [2.05, 4.69) is 15.2 Å². The number of carboxylic acid groups (broad SMARTS) is 1.